The van der Waals surface area contributed by atoms with Gasteiger partial charge in [-0.2, -0.15) is 5.10 Å². The van der Waals surface area contributed by atoms with E-state index >= 15 is 0 Å². The number of anilines is 1. The summed E-state index contributed by atoms with van der Waals surface area (Å²) in [7, 11) is 0. The van der Waals surface area contributed by atoms with Crippen LogP contribution in [0.2, 0.25) is 5.02 Å². The fraction of sp³-hybridized carbons (Fsp3) is 0.182. The molecule has 0 saturated heterocycles. The number of nitrogens with zero attached hydrogens (tertiary/aromatic N) is 2. The lowest BCUT2D eigenvalue weighted by Crippen LogP contribution is -2.38. The molecular weight excluding hydrogens is 374 g/mol. The van der Waals surface area contributed by atoms with Gasteiger partial charge in [0.1, 0.15) is 17.8 Å². The van der Waals surface area contributed by atoms with E-state index in [-0.39, 0.29) is 11.9 Å². The van der Waals surface area contributed by atoms with E-state index in [1.54, 1.807) is 6.26 Å². The number of amides is 1. The van der Waals surface area contributed by atoms with Gasteiger partial charge in [-0.25, -0.2) is 5.01 Å². The predicted molar refractivity (Wildman–Crippen MR) is 110 cm³/mol. The smallest absolute Gasteiger partial charge is 0.265 e. The molecule has 0 radical (unpaired) electrons. The maximum absolute atomic E-state index is 13.2. The number of benzene rings is 2. The van der Waals surface area contributed by atoms with Crippen molar-refractivity contribution in [1.29, 1.82) is 0 Å². The molecule has 3 aromatic rings. The first-order chi connectivity index (χ1) is 13.6. The minimum atomic E-state index is -0.437. The summed E-state index contributed by atoms with van der Waals surface area (Å²) < 4.78 is 5.59. The summed E-state index contributed by atoms with van der Waals surface area (Å²) in [5.41, 5.74) is 2.66. The Kier molecular flexibility index (Phi) is 5.17. The van der Waals surface area contributed by atoms with Gasteiger partial charge in [0.05, 0.1) is 12.0 Å². The number of hydrogen-bond acceptors (Lipinski definition) is 4. The van der Waals surface area contributed by atoms with Crippen LogP contribution in [0.25, 0.3) is 0 Å². The number of hydrogen-bond donors (Lipinski definition) is 1. The lowest BCUT2D eigenvalue weighted by molar-refractivity contribution is -0.133. The van der Waals surface area contributed by atoms with Gasteiger partial charge in [-0.1, -0.05) is 41.9 Å². The maximum atomic E-state index is 13.2. The average Bonchev–Trinajstić information content (AvgIpc) is 3.38. The van der Waals surface area contributed by atoms with Crippen molar-refractivity contribution >= 4 is 28.9 Å². The molecule has 4 rings (SSSR count). The van der Waals surface area contributed by atoms with Gasteiger partial charge in [0.2, 0.25) is 0 Å². The Morgan fingerprint density at radius 3 is 2.57 bits per heavy atom. The molecule has 0 bridgehead atoms. The monoisotopic (exact) mass is 393 g/mol. The molecule has 1 N–H and O–H groups in total. The first-order valence-corrected chi connectivity index (χ1v) is 9.51. The third-order valence-electron chi connectivity index (χ3n) is 4.71. The highest BCUT2D eigenvalue weighted by atomic mass is 35.5. The first-order valence-electron chi connectivity index (χ1n) is 9.13. The average molecular weight is 394 g/mol. The Bertz CT molecular complexity index is 969. The highest BCUT2D eigenvalue weighted by Gasteiger charge is 2.36. The van der Waals surface area contributed by atoms with Gasteiger partial charge in [-0.15, -0.1) is 0 Å². The number of carbonyl (C=O) groups is 1. The molecule has 0 saturated carbocycles. The van der Waals surface area contributed by atoms with Gasteiger partial charge < -0.3 is 9.73 Å². The minimum Gasteiger partial charge on any atom is -0.467 e. The molecule has 2 atom stereocenters. The van der Waals surface area contributed by atoms with E-state index in [0.717, 1.165) is 17.0 Å². The van der Waals surface area contributed by atoms with Crippen LogP contribution in [0.3, 0.4) is 0 Å². The molecular formula is C22H20ClN3O2. The van der Waals surface area contributed by atoms with Crippen molar-refractivity contribution in [3.8, 4) is 0 Å². The quantitative estimate of drug-likeness (QED) is 0.655. The Morgan fingerprint density at radius 1 is 1.14 bits per heavy atom. The lowest BCUT2D eigenvalue weighted by atomic mass is 10.0. The summed E-state index contributed by atoms with van der Waals surface area (Å²) in [6.45, 7) is 1.84. The normalized spacial score (nSPS) is 17.3. The summed E-state index contributed by atoms with van der Waals surface area (Å²) in [5, 5.41) is 10.1. The summed E-state index contributed by atoms with van der Waals surface area (Å²) in [6.07, 6.45) is 2.20. The number of rotatable bonds is 5. The molecule has 0 fully saturated rings. The zero-order chi connectivity index (χ0) is 19.5. The third kappa shape index (κ3) is 3.80. The molecule has 6 heteroatoms. The molecule has 0 spiro atoms. The second kappa shape index (κ2) is 7.90. The van der Waals surface area contributed by atoms with Crippen LogP contribution in [0.1, 0.15) is 30.7 Å². The Labute approximate surface area is 168 Å². The fourth-order valence-electron chi connectivity index (χ4n) is 3.28. The van der Waals surface area contributed by atoms with E-state index < -0.39 is 6.04 Å². The molecule has 1 aliphatic heterocycles. The Hall–Kier alpha value is -3.05. The molecule has 2 heterocycles. The molecule has 28 heavy (non-hydrogen) atoms. The van der Waals surface area contributed by atoms with E-state index in [1.807, 2.05) is 73.7 Å². The van der Waals surface area contributed by atoms with Gasteiger partial charge in [0.15, 0.2) is 0 Å². The lowest BCUT2D eigenvalue weighted by Gasteiger charge is -2.24. The summed E-state index contributed by atoms with van der Waals surface area (Å²) >= 11 is 6.00. The third-order valence-corrected chi connectivity index (χ3v) is 4.96. The number of furan rings is 1. The van der Waals surface area contributed by atoms with Crippen LogP contribution in [-0.2, 0) is 4.79 Å². The maximum Gasteiger partial charge on any atom is 0.265 e. The molecule has 2 aromatic carbocycles. The van der Waals surface area contributed by atoms with Crippen molar-refractivity contribution in [3.63, 3.8) is 0 Å². The zero-order valence-corrected chi connectivity index (χ0v) is 16.1. The summed E-state index contributed by atoms with van der Waals surface area (Å²) in [4.78, 5) is 13.2. The van der Waals surface area contributed by atoms with Crippen molar-refractivity contribution in [1.82, 2.24) is 5.01 Å². The number of para-hydroxylation sites is 1. The molecule has 1 amide bonds. The largest absolute Gasteiger partial charge is 0.467 e. The van der Waals surface area contributed by atoms with Crippen LogP contribution in [0, 0.1) is 0 Å². The minimum absolute atomic E-state index is 0.116. The van der Waals surface area contributed by atoms with Crippen LogP contribution >= 0.6 is 11.6 Å². The SMILES string of the molecule is C[C@@H](Nc1ccccc1)C(=O)N1N=C(c2ccc(Cl)cc2)C[C@@H]1c1ccco1. The molecule has 0 aliphatic carbocycles. The van der Waals surface area contributed by atoms with Gasteiger partial charge in [-0.05, 0) is 48.9 Å². The van der Waals surface area contributed by atoms with Crippen molar-refractivity contribution < 1.29 is 9.21 Å². The standard InChI is InChI=1S/C22H20ClN3O2/c1-15(24-18-6-3-2-4-7-18)22(27)26-20(21-8-5-13-28-21)14-19(25-26)16-9-11-17(23)12-10-16/h2-13,15,20,24H,14H2,1H3/t15-,20-/m1/s1. The van der Waals surface area contributed by atoms with Crippen molar-refractivity contribution in [3.05, 3.63) is 89.3 Å². The molecule has 142 valence electrons. The van der Waals surface area contributed by atoms with Crippen LogP contribution in [-0.4, -0.2) is 22.7 Å². The van der Waals surface area contributed by atoms with E-state index in [9.17, 15) is 4.79 Å². The Morgan fingerprint density at radius 2 is 1.89 bits per heavy atom. The van der Waals surface area contributed by atoms with Crippen molar-refractivity contribution in [2.45, 2.75) is 25.4 Å². The zero-order valence-electron chi connectivity index (χ0n) is 15.4. The number of nitrogens with one attached hydrogen (secondary N) is 1. The second-order valence-electron chi connectivity index (χ2n) is 6.70. The van der Waals surface area contributed by atoms with E-state index in [0.29, 0.717) is 17.2 Å². The van der Waals surface area contributed by atoms with Gasteiger partial charge >= 0.3 is 0 Å². The topological polar surface area (TPSA) is 57.8 Å². The molecule has 1 aromatic heterocycles. The first kappa shape index (κ1) is 18.3. The van der Waals surface area contributed by atoms with Gasteiger partial charge in [0.25, 0.3) is 5.91 Å². The van der Waals surface area contributed by atoms with E-state index in [2.05, 4.69) is 10.4 Å². The van der Waals surface area contributed by atoms with Gasteiger partial charge in [0, 0.05) is 17.1 Å². The van der Waals surface area contributed by atoms with Crippen molar-refractivity contribution in [2.75, 3.05) is 5.32 Å². The molecule has 1 aliphatic rings. The highest BCUT2D eigenvalue weighted by molar-refractivity contribution is 6.30. The summed E-state index contributed by atoms with van der Waals surface area (Å²) in [5.74, 6) is 0.599. The second-order valence-corrected chi connectivity index (χ2v) is 7.14. The Balaban J connectivity index is 1.60. The van der Waals surface area contributed by atoms with Crippen LogP contribution < -0.4 is 5.32 Å². The number of halogens is 1. The molecule has 0 unspecified atom stereocenters. The molecule has 5 nitrogen and oxygen atoms in total. The fourth-order valence-corrected chi connectivity index (χ4v) is 3.40. The summed E-state index contributed by atoms with van der Waals surface area (Å²) in [6, 6.07) is 20.1. The van der Waals surface area contributed by atoms with Crippen molar-refractivity contribution in [2.24, 2.45) is 5.10 Å². The van der Waals surface area contributed by atoms with Gasteiger partial charge in [-0.3, -0.25) is 4.79 Å². The van der Waals surface area contributed by atoms with Crippen LogP contribution in [0.15, 0.2) is 82.5 Å². The van der Waals surface area contributed by atoms with E-state index in [4.69, 9.17) is 16.0 Å². The highest BCUT2D eigenvalue weighted by Crippen LogP contribution is 2.34. The number of hydrazone groups is 1. The van der Waals surface area contributed by atoms with Crippen LogP contribution in [0.5, 0.6) is 0 Å². The van der Waals surface area contributed by atoms with Crippen LogP contribution in [0.4, 0.5) is 5.69 Å². The van der Waals surface area contributed by atoms with E-state index in [1.165, 1.54) is 5.01 Å². The number of carbonyl (C=O) groups excluding carboxylic acids is 1. The predicted octanol–water partition coefficient (Wildman–Crippen LogP) is 5.11.